The van der Waals surface area contributed by atoms with E-state index in [1.165, 1.54) is 25.7 Å². The Morgan fingerprint density at radius 1 is 1.20 bits per heavy atom. The van der Waals surface area contributed by atoms with E-state index in [1.807, 2.05) is 30.3 Å². The van der Waals surface area contributed by atoms with Gasteiger partial charge < -0.3 is 10.1 Å². The fourth-order valence-corrected chi connectivity index (χ4v) is 2.48. The summed E-state index contributed by atoms with van der Waals surface area (Å²) in [6, 6.07) is 9.83. The maximum atomic E-state index is 5.81. The smallest absolute Gasteiger partial charge is 0.247 e. The minimum absolute atomic E-state index is 0.446. The Morgan fingerprint density at radius 2 is 2.00 bits per heavy atom. The van der Waals surface area contributed by atoms with E-state index >= 15 is 0 Å². The van der Waals surface area contributed by atoms with Gasteiger partial charge >= 0.3 is 0 Å². The minimum Gasteiger partial charge on any atom is -0.376 e. The molecule has 0 atom stereocenters. The number of aromatic nitrogens is 4. The van der Waals surface area contributed by atoms with Crippen molar-refractivity contribution in [2.24, 2.45) is 0 Å². The summed E-state index contributed by atoms with van der Waals surface area (Å²) in [7, 11) is 0. The molecule has 0 amide bonds. The molecule has 1 aromatic carbocycles. The molecule has 1 heterocycles. The van der Waals surface area contributed by atoms with Crippen LogP contribution in [0.3, 0.4) is 0 Å². The molecular formula is C14H19N5O. The second kappa shape index (κ2) is 6.47. The van der Waals surface area contributed by atoms with Crippen molar-refractivity contribution < 1.29 is 4.74 Å². The van der Waals surface area contributed by atoms with E-state index in [2.05, 4.69) is 20.8 Å². The number of rotatable bonds is 6. The number of ether oxygens (including phenoxy) is 1. The molecule has 20 heavy (non-hydrogen) atoms. The molecule has 1 aliphatic carbocycles. The van der Waals surface area contributed by atoms with E-state index in [9.17, 15) is 0 Å². The van der Waals surface area contributed by atoms with E-state index in [4.69, 9.17) is 4.74 Å². The van der Waals surface area contributed by atoms with E-state index in [0.29, 0.717) is 25.2 Å². The van der Waals surface area contributed by atoms with E-state index in [0.717, 1.165) is 5.69 Å². The van der Waals surface area contributed by atoms with Gasteiger partial charge in [-0.2, -0.15) is 4.68 Å². The first-order valence-electron chi connectivity index (χ1n) is 7.13. The first-order valence-corrected chi connectivity index (χ1v) is 7.13. The Labute approximate surface area is 118 Å². The molecule has 106 valence electrons. The first-order chi connectivity index (χ1) is 9.93. The highest BCUT2D eigenvalue weighted by Gasteiger charge is 2.15. The summed E-state index contributed by atoms with van der Waals surface area (Å²) in [5.41, 5.74) is 0.941. The maximum Gasteiger partial charge on any atom is 0.247 e. The molecular weight excluding hydrogens is 254 g/mol. The van der Waals surface area contributed by atoms with E-state index < -0.39 is 0 Å². The number of hydrogen-bond donors (Lipinski definition) is 1. The predicted molar refractivity (Wildman–Crippen MR) is 75.9 cm³/mol. The number of nitrogens with one attached hydrogen (secondary N) is 1. The Morgan fingerprint density at radius 3 is 2.80 bits per heavy atom. The van der Waals surface area contributed by atoms with Crippen molar-refractivity contribution in [3.63, 3.8) is 0 Å². The highest BCUT2D eigenvalue weighted by molar-refractivity contribution is 5.38. The SMILES string of the molecule is c1ccc(-n2nnnc2NCCOC2CCCC2)cc1. The van der Waals surface area contributed by atoms with Gasteiger partial charge in [0.15, 0.2) is 0 Å². The van der Waals surface area contributed by atoms with Gasteiger partial charge in [0.2, 0.25) is 5.95 Å². The van der Waals surface area contributed by atoms with Crippen molar-refractivity contribution in [3.05, 3.63) is 30.3 Å². The van der Waals surface area contributed by atoms with Crippen LogP contribution in [0.25, 0.3) is 5.69 Å². The van der Waals surface area contributed by atoms with Crippen LogP contribution in [0.5, 0.6) is 0 Å². The Balaban J connectivity index is 1.52. The number of tetrazole rings is 1. The average molecular weight is 273 g/mol. The van der Waals surface area contributed by atoms with Crippen molar-refractivity contribution in [2.75, 3.05) is 18.5 Å². The Hall–Kier alpha value is -1.95. The third kappa shape index (κ3) is 3.14. The number of benzene rings is 1. The second-order valence-electron chi connectivity index (χ2n) is 4.95. The molecule has 1 fully saturated rings. The zero-order valence-electron chi connectivity index (χ0n) is 11.4. The van der Waals surface area contributed by atoms with Crippen LogP contribution in [-0.4, -0.2) is 39.5 Å². The fraction of sp³-hybridized carbons (Fsp3) is 0.500. The zero-order valence-corrected chi connectivity index (χ0v) is 11.4. The van der Waals surface area contributed by atoms with Gasteiger partial charge in [0.25, 0.3) is 0 Å². The lowest BCUT2D eigenvalue weighted by molar-refractivity contribution is 0.0658. The largest absolute Gasteiger partial charge is 0.376 e. The van der Waals surface area contributed by atoms with Gasteiger partial charge in [-0.15, -0.1) is 0 Å². The Bertz CT molecular complexity index is 521. The molecule has 0 aliphatic heterocycles. The second-order valence-corrected chi connectivity index (χ2v) is 4.95. The maximum absolute atomic E-state index is 5.81. The van der Waals surface area contributed by atoms with Gasteiger partial charge in [-0.3, -0.25) is 0 Å². The lowest BCUT2D eigenvalue weighted by Gasteiger charge is -2.11. The molecule has 1 saturated carbocycles. The summed E-state index contributed by atoms with van der Waals surface area (Å²) < 4.78 is 7.50. The zero-order chi connectivity index (χ0) is 13.6. The monoisotopic (exact) mass is 273 g/mol. The van der Waals surface area contributed by atoms with E-state index in [-0.39, 0.29) is 0 Å². The van der Waals surface area contributed by atoms with Gasteiger partial charge in [0.1, 0.15) is 0 Å². The van der Waals surface area contributed by atoms with Crippen LogP contribution in [-0.2, 0) is 4.74 Å². The molecule has 1 aromatic heterocycles. The quantitative estimate of drug-likeness (QED) is 0.816. The average Bonchev–Trinajstić information content (AvgIpc) is 3.16. The highest BCUT2D eigenvalue weighted by atomic mass is 16.5. The fourth-order valence-electron chi connectivity index (χ4n) is 2.48. The van der Waals surface area contributed by atoms with Gasteiger partial charge in [-0.1, -0.05) is 36.1 Å². The molecule has 0 bridgehead atoms. The van der Waals surface area contributed by atoms with E-state index in [1.54, 1.807) is 4.68 Å². The number of hydrogen-bond acceptors (Lipinski definition) is 5. The molecule has 0 saturated heterocycles. The van der Waals surface area contributed by atoms with Crippen molar-refractivity contribution >= 4 is 5.95 Å². The van der Waals surface area contributed by atoms with Crippen LogP contribution < -0.4 is 5.32 Å². The number of anilines is 1. The van der Waals surface area contributed by atoms with Crippen molar-refractivity contribution in [1.82, 2.24) is 20.2 Å². The summed E-state index contributed by atoms with van der Waals surface area (Å²) in [5, 5.41) is 14.9. The highest BCUT2D eigenvalue weighted by Crippen LogP contribution is 2.20. The summed E-state index contributed by atoms with van der Waals surface area (Å²) in [6.07, 6.45) is 5.43. The summed E-state index contributed by atoms with van der Waals surface area (Å²) >= 11 is 0. The third-order valence-electron chi connectivity index (χ3n) is 3.51. The molecule has 6 nitrogen and oxygen atoms in total. The first kappa shape index (κ1) is 13.1. The molecule has 0 spiro atoms. The summed E-state index contributed by atoms with van der Waals surface area (Å²) in [6.45, 7) is 1.40. The molecule has 2 aromatic rings. The van der Waals surface area contributed by atoms with Gasteiger partial charge in [-0.25, -0.2) is 0 Å². The van der Waals surface area contributed by atoms with Crippen molar-refractivity contribution in [1.29, 1.82) is 0 Å². The summed E-state index contributed by atoms with van der Waals surface area (Å²) in [5.74, 6) is 0.645. The summed E-state index contributed by atoms with van der Waals surface area (Å²) in [4.78, 5) is 0. The number of para-hydroxylation sites is 1. The normalized spacial score (nSPS) is 15.6. The van der Waals surface area contributed by atoms with Crippen LogP contribution >= 0.6 is 0 Å². The van der Waals surface area contributed by atoms with Crippen LogP contribution in [0, 0.1) is 0 Å². The lowest BCUT2D eigenvalue weighted by atomic mass is 10.3. The Kier molecular flexibility index (Phi) is 4.22. The van der Waals surface area contributed by atoms with Crippen molar-refractivity contribution in [2.45, 2.75) is 31.8 Å². The molecule has 0 unspecified atom stereocenters. The van der Waals surface area contributed by atoms with Gasteiger partial charge in [0.05, 0.1) is 18.4 Å². The standard InChI is InChI=1S/C14H19N5O/c1-2-6-12(7-3-1)19-14(16-17-18-19)15-10-11-20-13-8-4-5-9-13/h1-3,6-7,13H,4-5,8-11H2,(H,15,16,18). The van der Waals surface area contributed by atoms with Crippen LogP contribution in [0.4, 0.5) is 5.95 Å². The van der Waals surface area contributed by atoms with Crippen LogP contribution in [0.1, 0.15) is 25.7 Å². The number of nitrogens with zero attached hydrogens (tertiary/aromatic N) is 4. The molecule has 0 radical (unpaired) electrons. The minimum atomic E-state index is 0.446. The van der Waals surface area contributed by atoms with Crippen LogP contribution in [0.2, 0.25) is 0 Å². The van der Waals surface area contributed by atoms with Gasteiger partial charge in [0, 0.05) is 6.54 Å². The molecule has 3 rings (SSSR count). The van der Waals surface area contributed by atoms with Crippen LogP contribution in [0.15, 0.2) is 30.3 Å². The van der Waals surface area contributed by atoms with Gasteiger partial charge in [-0.05, 0) is 35.4 Å². The lowest BCUT2D eigenvalue weighted by Crippen LogP contribution is -2.17. The predicted octanol–water partition coefficient (Wildman–Crippen LogP) is 2.03. The molecule has 6 heteroatoms. The molecule has 1 N–H and O–H groups in total. The van der Waals surface area contributed by atoms with Crippen molar-refractivity contribution in [3.8, 4) is 5.69 Å². The topological polar surface area (TPSA) is 64.9 Å². The third-order valence-corrected chi connectivity index (χ3v) is 3.51. The molecule has 1 aliphatic rings.